The normalized spacial score (nSPS) is 43.3. The van der Waals surface area contributed by atoms with Gasteiger partial charge < -0.3 is 14.6 Å². The molecule has 1 saturated heterocycles. The Kier molecular flexibility index (Phi) is 4.78. The van der Waals surface area contributed by atoms with Gasteiger partial charge in [-0.05, 0) is 74.7 Å². The van der Waals surface area contributed by atoms with Crippen molar-refractivity contribution in [2.75, 3.05) is 0 Å². The van der Waals surface area contributed by atoms with Gasteiger partial charge in [-0.1, -0.05) is 39.8 Å². The monoisotopic (exact) mass is 362 g/mol. The zero-order valence-electron chi connectivity index (χ0n) is 17.6. The largest absolute Gasteiger partial charge is 0.386 e. The fourth-order valence-corrected chi connectivity index (χ4v) is 6.33. The molecule has 0 bridgehead atoms. The van der Waals surface area contributed by atoms with E-state index < -0.39 is 11.4 Å². The summed E-state index contributed by atoms with van der Waals surface area (Å²) in [6.45, 7) is 21.4. The molecule has 6 atom stereocenters. The molecule has 2 aliphatic carbocycles. The third kappa shape index (κ3) is 3.21. The molecule has 1 aliphatic heterocycles. The third-order valence-corrected chi connectivity index (χ3v) is 7.53. The zero-order chi connectivity index (χ0) is 19.5. The van der Waals surface area contributed by atoms with Crippen molar-refractivity contribution in [1.29, 1.82) is 0 Å². The highest BCUT2D eigenvalue weighted by Crippen LogP contribution is 2.64. The first-order chi connectivity index (χ1) is 11.8. The van der Waals surface area contributed by atoms with Gasteiger partial charge in [-0.25, -0.2) is 0 Å². The first kappa shape index (κ1) is 20.1. The standard InChI is InChI=1S/C23H38O3/c1-9-22(7,24)14-11-16-15(2)17-18(26-21(5,6)25-17)19-20(3,4)12-10-13-23(16,19)8/h9,16-19,24H,1-2,10-14H2,3-8H3/t16-,17-,18-,19-,22+,23+/m0/s1. The lowest BCUT2D eigenvalue weighted by molar-refractivity contribution is -0.171. The number of hydrogen-bond acceptors (Lipinski definition) is 3. The number of aliphatic hydroxyl groups is 1. The van der Waals surface area contributed by atoms with Crippen LogP contribution < -0.4 is 0 Å². The molecule has 3 aliphatic rings. The molecule has 0 spiro atoms. The molecule has 1 N–H and O–H groups in total. The summed E-state index contributed by atoms with van der Waals surface area (Å²) in [5.74, 6) is 0.200. The lowest BCUT2D eigenvalue weighted by atomic mass is 9.45. The van der Waals surface area contributed by atoms with Crippen LogP contribution in [0.1, 0.15) is 73.6 Å². The molecule has 148 valence electrons. The van der Waals surface area contributed by atoms with E-state index in [0.29, 0.717) is 18.3 Å². The Morgan fingerprint density at radius 3 is 2.46 bits per heavy atom. The Morgan fingerprint density at radius 1 is 1.19 bits per heavy atom. The molecular weight excluding hydrogens is 324 g/mol. The Balaban J connectivity index is 1.99. The lowest BCUT2D eigenvalue weighted by Crippen LogP contribution is -2.59. The predicted octanol–water partition coefficient (Wildman–Crippen LogP) is 5.24. The molecule has 1 heterocycles. The second-order valence-electron chi connectivity index (χ2n) is 10.6. The molecule has 0 aromatic heterocycles. The summed E-state index contributed by atoms with van der Waals surface area (Å²) in [6.07, 6.45) is 6.96. The van der Waals surface area contributed by atoms with Gasteiger partial charge in [0.1, 0.15) is 6.10 Å². The van der Waals surface area contributed by atoms with Gasteiger partial charge in [0, 0.05) is 0 Å². The second kappa shape index (κ2) is 6.18. The van der Waals surface area contributed by atoms with E-state index in [9.17, 15) is 5.11 Å². The molecule has 26 heavy (non-hydrogen) atoms. The van der Waals surface area contributed by atoms with Crippen molar-refractivity contribution in [3.63, 3.8) is 0 Å². The van der Waals surface area contributed by atoms with Crippen LogP contribution in [0.25, 0.3) is 0 Å². The van der Waals surface area contributed by atoms with Crippen LogP contribution >= 0.6 is 0 Å². The molecule has 0 amide bonds. The Bertz CT molecular complexity index is 588. The van der Waals surface area contributed by atoms with Crippen LogP contribution in [0.5, 0.6) is 0 Å². The smallest absolute Gasteiger partial charge is 0.164 e. The minimum absolute atomic E-state index is 0.0425. The third-order valence-electron chi connectivity index (χ3n) is 7.53. The van der Waals surface area contributed by atoms with Gasteiger partial charge in [-0.3, -0.25) is 0 Å². The van der Waals surface area contributed by atoms with Crippen LogP contribution in [0.15, 0.2) is 24.8 Å². The van der Waals surface area contributed by atoms with Crippen LogP contribution in [0.2, 0.25) is 0 Å². The quantitative estimate of drug-likeness (QED) is 0.695. The molecule has 0 radical (unpaired) electrons. The minimum atomic E-state index is -0.834. The zero-order valence-corrected chi connectivity index (χ0v) is 17.6. The van der Waals surface area contributed by atoms with Crippen molar-refractivity contribution in [2.45, 2.75) is 97.2 Å². The first-order valence-electron chi connectivity index (χ1n) is 10.2. The molecule has 0 aromatic rings. The number of rotatable bonds is 4. The average molecular weight is 363 g/mol. The fraction of sp³-hybridized carbons (Fsp3) is 0.826. The van der Waals surface area contributed by atoms with Crippen molar-refractivity contribution in [3.05, 3.63) is 24.8 Å². The molecular formula is C23H38O3. The van der Waals surface area contributed by atoms with Gasteiger partial charge in [0.15, 0.2) is 5.79 Å². The Morgan fingerprint density at radius 2 is 1.85 bits per heavy atom. The molecule has 3 nitrogen and oxygen atoms in total. The molecule has 3 rings (SSSR count). The van der Waals surface area contributed by atoms with E-state index in [1.54, 1.807) is 6.08 Å². The van der Waals surface area contributed by atoms with Gasteiger partial charge in [0.2, 0.25) is 0 Å². The molecule has 0 unspecified atom stereocenters. The highest BCUT2D eigenvalue weighted by molar-refractivity contribution is 5.25. The summed E-state index contributed by atoms with van der Waals surface area (Å²) >= 11 is 0. The number of fused-ring (bicyclic) bond motifs is 3. The van der Waals surface area contributed by atoms with Gasteiger partial charge in [-0.15, -0.1) is 6.58 Å². The maximum absolute atomic E-state index is 10.5. The van der Waals surface area contributed by atoms with E-state index in [2.05, 4.69) is 33.9 Å². The highest BCUT2D eigenvalue weighted by atomic mass is 16.8. The van der Waals surface area contributed by atoms with Crippen molar-refractivity contribution >= 4 is 0 Å². The topological polar surface area (TPSA) is 38.7 Å². The van der Waals surface area contributed by atoms with Crippen LogP contribution in [0.3, 0.4) is 0 Å². The van der Waals surface area contributed by atoms with Crippen LogP contribution in [-0.2, 0) is 9.47 Å². The SMILES string of the molecule is C=C[C@@](C)(O)CC[C@H]1C(=C)[C@@H]2OC(C)(C)O[C@@H]2[C@H]2C(C)(C)CCC[C@]12C. The summed E-state index contributed by atoms with van der Waals surface area (Å²) in [7, 11) is 0. The Labute approximate surface area is 159 Å². The van der Waals surface area contributed by atoms with E-state index >= 15 is 0 Å². The maximum atomic E-state index is 10.5. The molecule has 2 saturated carbocycles. The van der Waals surface area contributed by atoms with Gasteiger partial charge in [0.25, 0.3) is 0 Å². The van der Waals surface area contributed by atoms with Crippen molar-refractivity contribution in [1.82, 2.24) is 0 Å². The maximum Gasteiger partial charge on any atom is 0.164 e. The van der Waals surface area contributed by atoms with E-state index in [4.69, 9.17) is 9.47 Å². The summed E-state index contributed by atoms with van der Waals surface area (Å²) in [5, 5.41) is 10.5. The summed E-state index contributed by atoms with van der Waals surface area (Å²) in [5.41, 5.74) is 0.664. The van der Waals surface area contributed by atoms with E-state index in [0.717, 1.165) is 12.0 Å². The van der Waals surface area contributed by atoms with Gasteiger partial charge in [0.05, 0.1) is 11.7 Å². The first-order valence-corrected chi connectivity index (χ1v) is 10.2. The fourth-order valence-electron chi connectivity index (χ4n) is 6.33. The van der Waals surface area contributed by atoms with Crippen molar-refractivity contribution in [2.24, 2.45) is 22.7 Å². The summed E-state index contributed by atoms with van der Waals surface area (Å²) < 4.78 is 12.8. The Hall–Kier alpha value is -0.640. The van der Waals surface area contributed by atoms with Gasteiger partial charge in [-0.2, -0.15) is 0 Å². The number of ether oxygens (including phenoxy) is 2. The second-order valence-corrected chi connectivity index (χ2v) is 10.6. The van der Waals surface area contributed by atoms with Crippen molar-refractivity contribution < 1.29 is 14.6 Å². The average Bonchev–Trinajstić information content (AvgIpc) is 2.81. The minimum Gasteiger partial charge on any atom is -0.386 e. The predicted molar refractivity (Wildman–Crippen MR) is 106 cm³/mol. The van der Waals surface area contributed by atoms with Crippen LogP contribution in [-0.4, -0.2) is 28.7 Å². The van der Waals surface area contributed by atoms with E-state index in [1.807, 2.05) is 20.8 Å². The van der Waals surface area contributed by atoms with Gasteiger partial charge >= 0.3 is 0 Å². The van der Waals surface area contributed by atoms with E-state index in [-0.39, 0.29) is 23.0 Å². The van der Waals surface area contributed by atoms with Crippen molar-refractivity contribution in [3.8, 4) is 0 Å². The molecule has 0 aromatic carbocycles. The highest BCUT2D eigenvalue weighted by Gasteiger charge is 2.63. The molecule has 3 heteroatoms. The molecule has 3 fully saturated rings. The number of hydrogen-bond donors (Lipinski definition) is 1. The van der Waals surface area contributed by atoms with Crippen LogP contribution in [0, 0.1) is 22.7 Å². The lowest BCUT2D eigenvalue weighted by Gasteiger charge is -2.60. The summed E-state index contributed by atoms with van der Waals surface area (Å²) in [6, 6.07) is 0. The summed E-state index contributed by atoms with van der Waals surface area (Å²) in [4.78, 5) is 0. The van der Waals surface area contributed by atoms with Crippen LogP contribution in [0.4, 0.5) is 0 Å². The van der Waals surface area contributed by atoms with E-state index in [1.165, 1.54) is 19.3 Å².